The summed E-state index contributed by atoms with van der Waals surface area (Å²) in [6.07, 6.45) is -5.72. The fourth-order valence-corrected chi connectivity index (χ4v) is 4.59. The number of benzene rings is 2. The largest absolute Gasteiger partial charge is 0.424 e. The number of hydrogen-bond donors (Lipinski definition) is 2. The predicted octanol–water partition coefficient (Wildman–Crippen LogP) is 4.87. The molecule has 0 aliphatic heterocycles. The number of rotatable bonds is 8. The number of carbonyl (C=O) groups is 1. The number of nitrogens with one attached hydrogen (secondary N) is 1. The van der Waals surface area contributed by atoms with Gasteiger partial charge < -0.3 is 10.4 Å². The summed E-state index contributed by atoms with van der Waals surface area (Å²) in [4.78, 5) is 16.9. The molecule has 2 aromatic carbocycles. The molecular weight excluding hydrogens is 440 g/mol. The minimum atomic E-state index is -5.06. The SMILES string of the molecule is O=C(C[C@@](O)(c1nc2ccccc2s1)C(F)(F)F)NCCCSc1ccc(F)cc1. The third-order valence-corrected chi connectivity index (χ3v) is 6.54. The van der Waals surface area contributed by atoms with E-state index in [0.29, 0.717) is 33.7 Å². The average molecular weight is 459 g/mol. The van der Waals surface area contributed by atoms with Crippen LogP contribution in [0.2, 0.25) is 0 Å². The molecule has 10 heteroatoms. The highest BCUT2D eigenvalue weighted by molar-refractivity contribution is 7.99. The lowest BCUT2D eigenvalue weighted by molar-refractivity contribution is -0.267. The van der Waals surface area contributed by atoms with Crippen LogP contribution in [0.15, 0.2) is 53.4 Å². The van der Waals surface area contributed by atoms with E-state index < -0.39 is 29.1 Å². The standard InChI is InChI=1S/C20H18F4N2O2S2/c21-13-6-8-14(9-7-13)29-11-3-10-25-17(27)12-19(28,20(22,23)24)18-26-15-4-1-2-5-16(15)30-18/h1-2,4-9,28H,3,10-12H2,(H,25,27)/t19-/m1/s1. The van der Waals surface area contributed by atoms with E-state index in [2.05, 4.69) is 10.3 Å². The van der Waals surface area contributed by atoms with Gasteiger partial charge in [0.05, 0.1) is 16.6 Å². The zero-order valence-corrected chi connectivity index (χ0v) is 17.2. The van der Waals surface area contributed by atoms with Crippen molar-refractivity contribution in [1.29, 1.82) is 0 Å². The minimum Gasteiger partial charge on any atom is -0.374 e. The highest BCUT2D eigenvalue weighted by Crippen LogP contribution is 2.44. The number of nitrogens with zero attached hydrogens (tertiary/aromatic N) is 1. The molecule has 0 spiro atoms. The molecule has 0 aliphatic rings. The summed E-state index contributed by atoms with van der Waals surface area (Å²) >= 11 is 2.15. The smallest absolute Gasteiger partial charge is 0.374 e. The highest BCUT2D eigenvalue weighted by Gasteiger charge is 2.58. The Hall–Kier alpha value is -2.17. The summed E-state index contributed by atoms with van der Waals surface area (Å²) in [5.74, 6) is -0.661. The fourth-order valence-electron chi connectivity index (χ4n) is 2.66. The first-order valence-electron chi connectivity index (χ1n) is 8.99. The molecule has 0 radical (unpaired) electrons. The molecule has 4 nitrogen and oxygen atoms in total. The molecule has 1 atom stereocenters. The number of thiazole rings is 1. The van der Waals surface area contributed by atoms with Crippen LogP contribution in [0, 0.1) is 5.82 Å². The zero-order chi connectivity index (χ0) is 21.8. The van der Waals surface area contributed by atoms with Gasteiger partial charge in [0.1, 0.15) is 10.8 Å². The molecule has 2 N–H and O–H groups in total. The van der Waals surface area contributed by atoms with Gasteiger partial charge >= 0.3 is 6.18 Å². The van der Waals surface area contributed by atoms with Crippen LogP contribution < -0.4 is 5.32 Å². The molecule has 0 saturated heterocycles. The summed E-state index contributed by atoms with van der Waals surface area (Å²) in [6, 6.07) is 12.4. The van der Waals surface area contributed by atoms with Crippen molar-refractivity contribution in [2.24, 2.45) is 0 Å². The summed E-state index contributed by atoms with van der Waals surface area (Å²) in [5.41, 5.74) is -3.03. The first kappa shape index (κ1) is 22.5. The van der Waals surface area contributed by atoms with Crippen molar-refractivity contribution in [3.63, 3.8) is 0 Å². The predicted molar refractivity (Wildman–Crippen MR) is 109 cm³/mol. The molecule has 0 saturated carbocycles. The van der Waals surface area contributed by atoms with Crippen LogP contribution in [0.1, 0.15) is 17.8 Å². The Morgan fingerprint density at radius 1 is 1.13 bits per heavy atom. The lowest BCUT2D eigenvalue weighted by Gasteiger charge is -2.27. The quantitative estimate of drug-likeness (QED) is 0.287. The first-order chi connectivity index (χ1) is 14.2. The number of aliphatic hydroxyl groups is 1. The van der Waals surface area contributed by atoms with E-state index in [1.54, 1.807) is 36.4 Å². The van der Waals surface area contributed by atoms with Gasteiger partial charge in [0.25, 0.3) is 0 Å². The number of alkyl halides is 3. The summed E-state index contributed by atoms with van der Waals surface area (Å²) < 4.78 is 54.3. The highest BCUT2D eigenvalue weighted by atomic mass is 32.2. The molecule has 0 unspecified atom stereocenters. The van der Waals surface area contributed by atoms with Crippen LogP contribution >= 0.6 is 23.1 Å². The van der Waals surface area contributed by atoms with Gasteiger partial charge in [-0.05, 0) is 48.6 Å². The van der Waals surface area contributed by atoms with Crippen molar-refractivity contribution in [1.82, 2.24) is 10.3 Å². The van der Waals surface area contributed by atoms with E-state index in [9.17, 15) is 27.5 Å². The van der Waals surface area contributed by atoms with Crippen LogP contribution in [0.3, 0.4) is 0 Å². The molecule has 160 valence electrons. The van der Waals surface area contributed by atoms with E-state index in [0.717, 1.165) is 4.90 Å². The molecule has 1 amide bonds. The summed E-state index contributed by atoms with van der Waals surface area (Å²) in [6.45, 7) is 0.154. The zero-order valence-electron chi connectivity index (χ0n) is 15.6. The Labute approximate surface area is 178 Å². The number of halogens is 4. The van der Waals surface area contributed by atoms with Crippen LogP contribution in [-0.4, -0.2) is 34.5 Å². The summed E-state index contributed by atoms with van der Waals surface area (Å²) in [5, 5.41) is 12.2. The molecule has 0 bridgehead atoms. The normalized spacial score (nSPS) is 13.9. The maximum atomic E-state index is 13.6. The van der Waals surface area contributed by atoms with Gasteiger partial charge in [0.15, 0.2) is 0 Å². The molecule has 3 aromatic rings. The van der Waals surface area contributed by atoms with Crippen molar-refractivity contribution in [3.05, 3.63) is 59.4 Å². The number of aromatic nitrogens is 1. The molecule has 30 heavy (non-hydrogen) atoms. The second-order valence-corrected chi connectivity index (χ2v) is 8.73. The van der Waals surface area contributed by atoms with E-state index in [-0.39, 0.29) is 12.4 Å². The van der Waals surface area contributed by atoms with Crippen molar-refractivity contribution in [3.8, 4) is 0 Å². The maximum absolute atomic E-state index is 13.6. The number of amides is 1. The first-order valence-corrected chi connectivity index (χ1v) is 10.8. The lowest BCUT2D eigenvalue weighted by Crippen LogP contribution is -2.46. The van der Waals surface area contributed by atoms with Gasteiger partial charge in [-0.2, -0.15) is 13.2 Å². The van der Waals surface area contributed by atoms with Gasteiger partial charge in [-0.3, -0.25) is 4.79 Å². The lowest BCUT2D eigenvalue weighted by atomic mass is 9.99. The van der Waals surface area contributed by atoms with Crippen molar-refractivity contribution < 1.29 is 27.5 Å². The van der Waals surface area contributed by atoms with Gasteiger partial charge in [-0.25, -0.2) is 9.37 Å². The number of para-hydroxylation sites is 1. The average Bonchev–Trinajstić information content (AvgIpc) is 3.13. The number of fused-ring (bicyclic) bond motifs is 1. The Kier molecular flexibility index (Phi) is 6.99. The van der Waals surface area contributed by atoms with Crippen molar-refractivity contribution in [2.45, 2.75) is 29.5 Å². The second kappa shape index (κ2) is 9.32. The topological polar surface area (TPSA) is 62.2 Å². The Bertz CT molecular complexity index is 975. The van der Waals surface area contributed by atoms with Gasteiger partial charge in [-0.1, -0.05) is 12.1 Å². The van der Waals surface area contributed by atoms with Gasteiger partial charge in [-0.15, -0.1) is 23.1 Å². The van der Waals surface area contributed by atoms with Crippen LogP contribution in [0.5, 0.6) is 0 Å². The number of carbonyl (C=O) groups excluding carboxylic acids is 1. The van der Waals surface area contributed by atoms with E-state index in [4.69, 9.17) is 0 Å². The van der Waals surface area contributed by atoms with Crippen molar-refractivity contribution >= 4 is 39.2 Å². The number of hydrogen-bond acceptors (Lipinski definition) is 5. The Morgan fingerprint density at radius 3 is 2.50 bits per heavy atom. The van der Waals surface area contributed by atoms with Gasteiger partial charge in [0.2, 0.25) is 11.5 Å². The molecule has 1 heterocycles. The maximum Gasteiger partial charge on any atom is 0.424 e. The third kappa shape index (κ3) is 5.30. The van der Waals surface area contributed by atoms with Crippen LogP contribution in [0.25, 0.3) is 10.2 Å². The monoisotopic (exact) mass is 458 g/mol. The van der Waals surface area contributed by atoms with Crippen molar-refractivity contribution in [2.75, 3.05) is 12.3 Å². The molecule has 3 rings (SSSR count). The van der Waals surface area contributed by atoms with E-state index in [1.165, 1.54) is 23.9 Å². The molecule has 0 fully saturated rings. The van der Waals surface area contributed by atoms with Crippen LogP contribution in [0.4, 0.5) is 17.6 Å². The Morgan fingerprint density at radius 2 is 1.83 bits per heavy atom. The van der Waals surface area contributed by atoms with Crippen LogP contribution in [-0.2, 0) is 10.4 Å². The molecular formula is C20H18F4N2O2S2. The Balaban J connectivity index is 1.57. The van der Waals surface area contributed by atoms with Gasteiger partial charge in [0, 0.05) is 11.4 Å². The number of thioether (sulfide) groups is 1. The third-order valence-electron chi connectivity index (χ3n) is 4.26. The minimum absolute atomic E-state index is 0.154. The van der Waals surface area contributed by atoms with E-state index in [1.807, 2.05) is 0 Å². The second-order valence-electron chi connectivity index (χ2n) is 6.53. The molecule has 1 aromatic heterocycles. The fraction of sp³-hybridized carbons (Fsp3) is 0.300. The summed E-state index contributed by atoms with van der Waals surface area (Å²) in [7, 11) is 0. The molecule has 0 aliphatic carbocycles. The van der Waals surface area contributed by atoms with E-state index >= 15 is 0 Å².